The highest BCUT2D eigenvalue weighted by atomic mass is 35.5. The van der Waals surface area contributed by atoms with E-state index in [0.29, 0.717) is 72.2 Å². The number of carbonyl (C=O) groups is 2. The molecule has 64 heavy (non-hydrogen) atoms. The third-order valence-corrected chi connectivity index (χ3v) is 11.6. The van der Waals surface area contributed by atoms with Crippen LogP contribution in [0.2, 0.25) is 10.0 Å². The largest absolute Gasteiger partial charge is 0.497 e. The van der Waals surface area contributed by atoms with Gasteiger partial charge >= 0.3 is 12.1 Å². The third-order valence-electron chi connectivity index (χ3n) is 11.1. The molecular weight excluding hydrogens is 863 g/mol. The van der Waals surface area contributed by atoms with Crippen molar-refractivity contribution in [1.29, 1.82) is 0 Å². The molecule has 4 unspecified atom stereocenters. The fourth-order valence-electron chi connectivity index (χ4n) is 7.78. The highest BCUT2D eigenvalue weighted by molar-refractivity contribution is 6.31. The van der Waals surface area contributed by atoms with E-state index in [9.17, 15) is 18.4 Å². The molecule has 0 saturated carbocycles. The number of nitrogens with zero attached hydrogens (tertiary/aromatic N) is 5. The van der Waals surface area contributed by atoms with E-state index in [4.69, 9.17) is 32.7 Å². The molecule has 4 heterocycles. The van der Waals surface area contributed by atoms with E-state index < -0.39 is 5.82 Å². The van der Waals surface area contributed by atoms with Crippen LogP contribution < -0.4 is 40.5 Å². The lowest BCUT2D eigenvalue weighted by atomic mass is 9.86. The first-order chi connectivity index (χ1) is 31.0. The number of nitrogens with one attached hydrogen (secondary N) is 4. The number of urea groups is 2. The molecule has 332 valence electrons. The van der Waals surface area contributed by atoms with Crippen molar-refractivity contribution in [2.75, 3.05) is 60.8 Å². The zero-order valence-electron chi connectivity index (χ0n) is 35.1. The first kappa shape index (κ1) is 45.3. The summed E-state index contributed by atoms with van der Waals surface area (Å²) in [5.74, 6) is 1.85. The molecule has 17 heteroatoms. The van der Waals surface area contributed by atoms with Gasteiger partial charge in [0.25, 0.3) is 0 Å². The highest BCUT2D eigenvalue weighted by Crippen LogP contribution is 2.33. The third kappa shape index (κ3) is 12.3. The van der Waals surface area contributed by atoms with E-state index in [1.807, 2.05) is 53.4 Å². The molecule has 2 aliphatic rings. The van der Waals surface area contributed by atoms with Gasteiger partial charge in [-0.05, 0) is 109 Å². The summed E-state index contributed by atoms with van der Waals surface area (Å²) < 4.78 is 37.1. The molecule has 4 aromatic carbocycles. The summed E-state index contributed by atoms with van der Waals surface area (Å²) in [6, 6.07) is 31.8. The molecule has 8 rings (SSSR count). The summed E-state index contributed by atoms with van der Waals surface area (Å²) in [4.78, 5) is 41.9. The Hall–Kier alpha value is -6.71. The monoisotopic (exact) mass is 909 g/mol. The van der Waals surface area contributed by atoms with Crippen molar-refractivity contribution in [3.63, 3.8) is 0 Å². The normalized spacial score (nSPS) is 18.2. The van der Waals surface area contributed by atoms with Crippen LogP contribution in [-0.4, -0.2) is 79.5 Å². The standard InChI is InChI=1S/C24H24ClFN4O2.C23H23ClFN5O2/c1-32-20-9-2-16(3-10-20)21-15-30(23-11-6-18(26)14-27-23)13-12-22(21)29-24(31)28-19-7-4-17(25)5-8-19;1-32-19-8-2-15(3-9-19)20-14-30(22-26-12-17(25)13-27-22)11-10-21(20)29-23(31)28-18-6-4-16(24)5-7-18/h2-11,14,21-22H,12-13,15H2,1H3,(H2,28,29,31);2-9,12-13,20-21H,10-11,14H2,1H3,(H2,28,29,31). The van der Waals surface area contributed by atoms with Crippen LogP contribution in [0.25, 0.3) is 0 Å². The molecule has 0 radical (unpaired) electrons. The van der Waals surface area contributed by atoms with E-state index in [2.05, 4.69) is 41.1 Å². The van der Waals surface area contributed by atoms with Gasteiger partial charge < -0.3 is 40.5 Å². The summed E-state index contributed by atoms with van der Waals surface area (Å²) in [5.41, 5.74) is 3.45. The predicted molar refractivity (Wildman–Crippen MR) is 246 cm³/mol. The number of pyridine rings is 1. The number of amides is 4. The average Bonchev–Trinajstić information content (AvgIpc) is 3.31. The lowest BCUT2D eigenvalue weighted by Gasteiger charge is -2.39. The molecule has 2 aliphatic heterocycles. The van der Waals surface area contributed by atoms with Crippen LogP contribution >= 0.6 is 23.2 Å². The fourth-order valence-corrected chi connectivity index (χ4v) is 8.03. The minimum atomic E-state index is -0.476. The van der Waals surface area contributed by atoms with Crippen molar-refractivity contribution >= 4 is 58.4 Å². The zero-order valence-corrected chi connectivity index (χ0v) is 36.6. The number of methoxy groups -OCH3 is 2. The first-order valence-corrected chi connectivity index (χ1v) is 21.3. The molecule has 6 aromatic rings. The summed E-state index contributed by atoms with van der Waals surface area (Å²) in [5, 5.41) is 13.1. The smallest absolute Gasteiger partial charge is 0.319 e. The van der Waals surface area contributed by atoms with Crippen LogP contribution in [0.1, 0.15) is 35.8 Å². The Kier molecular flexibility index (Phi) is 15.3. The molecule has 13 nitrogen and oxygen atoms in total. The van der Waals surface area contributed by atoms with E-state index in [0.717, 1.165) is 35.0 Å². The van der Waals surface area contributed by atoms with Crippen molar-refractivity contribution in [2.45, 2.75) is 36.8 Å². The molecule has 2 aromatic heterocycles. The summed E-state index contributed by atoms with van der Waals surface area (Å²) in [7, 11) is 3.25. The van der Waals surface area contributed by atoms with Crippen molar-refractivity contribution in [3.8, 4) is 11.5 Å². The lowest BCUT2D eigenvalue weighted by molar-refractivity contribution is 0.242. The number of ether oxygens (including phenoxy) is 2. The number of hydrogen-bond donors (Lipinski definition) is 4. The van der Waals surface area contributed by atoms with Gasteiger partial charge in [0, 0.05) is 71.5 Å². The predicted octanol–water partition coefficient (Wildman–Crippen LogP) is 9.53. The summed E-state index contributed by atoms with van der Waals surface area (Å²) in [6.45, 7) is 2.53. The van der Waals surface area contributed by atoms with Gasteiger partial charge in [0.1, 0.15) is 23.1 Å². The Balaban J connectivity index is 0.000000191. The molecule has 4 atom stereocenters. The van der Waals surface area contributed by atoms with E-state index >= 15 is 0 Å². The molecular formula is C47H47Cl2F2N9O4. The minimum Gasteiger partial charge on any atom is -0.497 e. The Bertz CT molecular complexity index is 2270. The summed E-state index contributed by atoms with van der Waals surface area (Å²) >= 11 is 11.8. The molecule has 4 amide bonds. The fraction of sp³-hybridized carbons (Fsp3) is 0.255. The van der Waals surface area contributed by atoms with E-state index in [1.54, 1.807) is 68.8 Å². The van der Waals surface area contributed by atoms with Gasteiger partial charge in [-0.15, -0.1) is 0 Å². The SMILES string of the molecule is COc1ccc(C2CN(c3ccc(F)cn3)CCC2NC(=O)Nc2ccc(Cl)cc2)cc1.COc1ccc(C2CN(c3ncc(F)cn3)CCC2NC(=O)Nc2ccc(Cl)cc2)cc1. The Morgan fingerprint density at radius 3 is 1.45 bits per heavy atom. The van der Waals surface area contributed by atoms with Crippen LogP contribution in [0, 0.1) is 11.6 Å². The Labute approximate surface area is 380 Å². The number of halogens is 4. The topological polar surface area (TPSA) is 146 Å². The number of anilines is 4. The van der Waals surface area contributed by atoms with E-state index in [1.165, 1.54) is 12.3 Å². The molecule has 0 spiro atoms. The van der Waals surface area contributed by atoms with Gasteiger partial charge in [0.15, 0.2) is 5.82 Å². The van der Waals surface area contributed by atoms with Crippen LogP contribution in [0.5, 0.6) is 11.5 Å². The van der Waals surface area contributed by atoms with Crippen molar-refractivity contribution < 1.29 is 27.8 Å². The van der Waals surface area contributed by atoms with Crippen molar-refractivity contribution in [1.82, 2.24) is 25.6 Å². The van der Waals surface area contributed by atoms with Crippen LogP contribution in [-0.2, 0) is 0 Å². The average molecular weight is 911 g/mol. The molecule has 2 fully saturated rings. The quantitative estimate of drug-likeness (QED) is 0.106. The minimum absolute atomic E-state index is 0.0116. The van der Waals surface area contributed by atoms with Crippen LogP contribution in [0.3, 0.4) is 0 Å². The second-order valence-electron chi connectivity index (χ2n) is 15.2. The maximum atomic E-state index is 13.3. The maximum Gasteiger partial charge on any atom is 0.319 e. The highest BCUT2D eigenvalue weighted by Gasteiger charge is 2.34. The lowest BCUT2D eigenvalue weighted by Crippen LogP contribution is -2.51. The summed E-state index contributed by atoms with van der Waals surface area (Å²) in [6.07, 6.45) is 4.93. The molecule has 4 N–H and O–H groups in total. The molecule has 0 bridgehead atoms. The number of piperidine rings is 2. The Morgan fingerprint density at radius 2 is 1.02 bits per heavy atom. The van der Waals surface area contributed by atoms with Gasteiger partial charge in [0.2, 0.25) is 5.95 Å². The number of benzene rings is 4. The zero-order chi connectivity index (χ0) is 45.0. The van der Waals surface area contributed by atoms with Gasteiger partial charge in [-0.25, -0.2) is 33.3 Å². The van der Waals surface area contributed by atoms with Gasteiger partial charge in [0.05, 0.1) is 32.8 Å². The van der Waals surface area contributed by atoms with Gasteiger partial charge in [-0.1, -0.05) is 47.5 Å². The number of hydrogen-bond acceptors (Lipinski definition) is 9. The van der Waals surface area contributed by atoms with Gasteiger partial charge in [-0.2, -0.15) is 0 Å². The second-order valence-corrected chi connectivity index (χ2v) is 16.1. The van der Waals surface area contributed by atoms with E-state index in [-0.39, 0.29) is 41.8 Å². The number of aromatic nitrogens is 3. The van der Waals surface area contributed by atoms with Crippen molar-refractivity contribution in [2.24, 2.45) is 0 Å². The van der Waals surface area contributed by atoms with Crippen molar-refractivity contribution in [3.05, 3.63) is 161 Å². The first-order valence-electron chi connectivity index (χ1n) is 20.6. The number of rotatable bonds is 10. The second kappa shape index (κ2) is 21.6. The Morgan fingerprint density at radius 1 is 0.578 bits per heavy atom. The maximum absolute atomic E-state index is 13.3. The molecule has 0 aliphatic carbocycles. The van der Waals surface area contributed by atoms with Crippen LogP contribution in [0.4, 0.5) is 41.5 Å². The van der Waals surface area contributed by atoms with Crippen LogP contribution in [0.15, 0.2) is 128 Å². The van der Waals surface area contributed by atoms with Gasteiger partial charge in [-0.3, -0.25) is 0 Å². The number of carbonyl (C=O) groups excluding carboxylic acids is 2. The molecule has 2 saturated heterocycles.